The van der Waals surface area contributed by atoms with Gasteiger partial charge < -0.3 is 14.8 Å². The van der Waals surface area contributed by atoms with Gasteiger partial charge >= 0.3 is 11.9 Å². The number of ether oxygens (including phenoxy) is 2. The second-order valence-corrected chi connectivity index (χ2v) is 8.55. The maximum atomic E-state index is 12.6. The first-order valence-electron chi connectivity index (χ1n) is 10.8. The number of halogens is 1. The van der Waals surface area contributed by atoms with E-state index in [1.54, 1.807) is 38.1 Å². The van der Waals surface area contributed by atoms with Crippen LogP contribution < -0.4 is 5.32 Å². The number of hydrogen-bond acceptors (Lipinski definition) is 5. The van der Waals surface area contributed by atoms with Crippen LogP contribution in [0.15, 0.2) is 24.3 Å². The van der Waals surface area contributed by atoms with Gasteiger partial charge in [0.2, 0.25) is 0 Å². The summed E-state index contributed by atoms with van der Waals surface area (Å²) in [6, 6.07) is 6.93. The number of nitrogens with one attached hydrogen (secondary N) is 1. The van der Waals surface area contributed by atoms with Crippen LogP contribution >= 0.6 is 11.6 Å². The summed E-state index contributed by atoms with van der Waals surface area (Å²) in [6.45, 7) is 6.02. The number of carbonyl (C=O) groups is 3. The van der Waals surface area contributed by atoms with Gasteiger partial charge in [0.1, 0.15) is 0 Å². The lowest BCUT2D eigenvalue weighted by atomic mass is 9.85. The molecule has 3 rings (SSSR count). The van der Waals surface area contributed by atoms with Gasteiger partial charge in [0.15, 0.2) is 5.92 Å². The smallest absolute Gasteiger partial charge is 0.320 e. The lowest BCUT2D eigenvalue weighted by molar-refractivity contribution is -0.164. The average Bonchev–Trinajstić information content (AvgIpc) is 3.20. The Bertz CT molecular complexity index is 750. The summed E-state index contributed by atoms with van der Waals surface area (Å²) in [4.78, 5) is 37.3. The second kappa shape index (κ2) is 9.82. The fourth-order valence-electron chi connectivity index (χ4n) is 5.07. The molecule has 2 aliphatic carbocycles. The summed E-state index contributed by atoms with van der Waals surface area (Å²) in [5.74, 6) is -0.762. The molecule has 164 valence electrons. The van der Waals surface area contributed by atoms with Crippen LogP contribution in [-0.4, -0.2) is 37.1 Å². The predicted molar refractivity (Wildman–Crippen MR) is 113 cm³/mol. The molecule has 0 aliphatic heterocycles. The minimum absolute atomic E-state index is 0.0566. The van der Waals surface area contributed by atoms with Crippen molar-refractivity contribution in [1.82, 2.24) is 5.32 Å². The van der Waals surface area contributed by atoms with Crippen LogP contribution in [0.2, 0.25) is 5.02 Å². The number of carbonyl (C=O) groups excluding carboxylic acids is 3. The molecule has 1 amide bonds. The normalized spacial score (nSPS) is 25.4. The zero-order chi connectivity index (χ0) is 21.8. The van der Waals surface area contributed by atoms with Crippen molar-refractivity contribution in [3.8, 4) is 0 Å². The van der Waals surface area contributed by atoms with Gasteiger partial charge in [-0.1, -0.05) is 18.5 Å². The first kappa shape index (κ1) is 22.6. The lowest BCUT2D eigenvalue weighted by Crippen LogP contribution is -2.38. The molecule has 6 nitrogen and oxygen atoms in total. The maximum Gasteiger partial charge on any atom is 0.320 e. The van der Waals surface area contributed by atoms with Crippen molar-refractivity contribution < 1.29 is 23.9 Å². The molecule has 0 heterocycles. The zero-order valence-electron chi connectivity index (χ0n) is 17.7. The van der Waals surface area contributed by atoms with Crippen molar-refractivity contribution in [2.45, 2.75) is 46.1 Å². The van der Waals surface area contributed by atoms with E-state index in [0.717, 1.165) is 19.3 Å². The Morgan fingerprint density at radius 3 is 2.00 bits per heavy atom. The molecule has 1 aromatic rings. The Labute approximate surface area is 182 Å². The van der Waals surface area contributed by atoms with Gasteiger partial charge in [0, 0.05) is 16.6 Å². The Balaban J connectivity index is 1.60. The van der Waals surface area contributed by atoms with Crippen LogP contribution in [-0.2, 0) is 19.1 Å². The van der Waals surface area contributed by atoms with Gasteiger partial charge in [-0.05, 0) is 81.0 Å². The van der Waals surface area contributed by atoms with Crippen molar-refractivity contribution in [2.75, 3.05) is 13.2 Å². The highest BCUT2D eigenvalue weighted by Gasteiger charge is 2.61. The largest absolute Gasteiger partial charge is 0.465 e. The maximum absolute atomic E-state index is 12.6. The van der Waals surface area contributed by atoms with Gasteiger partial charge in [-0.15, -0.1) is 0 Å². The van der Waals surface area contributed by atoms with Crippen molar-refractivity contribution >= 4 is 29.4 Å². The van der Waals surface area contributed by atoms with Crippen molar-refractivity contribution in [2.24, 2.45) is 29.6 Å². The molecule has 7 heteroatoms. The Morgan fingerprint density at radius 1 is 1.00 bits per heavy atom. The first-order chi connectivity index (χ1) is 14.4. The Morgan fingerprint density at radius 2 is 1.53 bits per heavy atom. The molecule has 2 aliphatic rings. The van der Waals surface area contributed by atoms with Crippen molar-refractivity contribution in [3.63, 3.8) is 0 Å². The third-order valence-electron chi connectivity index (χ3n) is 6.43. The van der Waals surface area contributed by atoms with E-state index in [1.165, 1.54) is 0 Å². The topological polar surface area (TPSA) is 81.7 Å². The Hall–Kier alpha value is -2.08. The zero-order valence-corrected chi connectivity index (χ0v) is 18.5. The van der Waals surface area contributed by atoms with Gasteiger partial charge in [0.05, 0.1) is 13.2 Å². The minimum Gasteiger partial charge on any atom is -0.465 e. The van der Waals surface area contributed by atoms with E-state index in [1.807, 2.05) is 0 Å². The summed E-state index contributed by atoms with van der Waals surface area (Å²) in [7, 11) is 0. The molecule has 0 bridgehead atoms. The first-order valence-corrected chi connectivity index (χ1v) is 11.2. The molecule has 30 heavy (non-hydrogen) atoms. The molecule has 2 unspecified atom stereocenters. The van der Waals surface area contributed by atoms with E-state index in [2.05, 4.69) is 12.2 Å². The van der Waals surface area contributed by atoms with Crippen LogP contribution in [0, 0.1) is 29.6 Å². The van der Waals surface area contributed by atoms with Crippen LogP contribution in [0.4, 0.5) is 0 Å². The number of rotatable bonds is 9. The molecule has 0 aromatic heterocycles. The molecule has 0 saturated heterocycles. The summed E-state index contributed by atoms with van der Waals surface area (Å²) < 4.78 is 10.3. The van der Waals surface area contributed by atoms with E-state index in [9.17, 15) is 14.4 Å². The van der Waals surface area contributed by atoms with E-state index in [4.69, 9.17) is 21.1 Å². The highest BCUT2D eigenvalue weighted by Crippen LogP contribution is 2.62. The highest BCUT2D eigenvalue weighted by molar-refractivity contribution is 6.30. The third kappa shape index (κ3) is 4.80. The SMILES string of the molecule is CCOC(=O)C(C(=O)OCC)C1CC2C(C1)C2[C@@H](CC)NC(=O)c1ccc(Cl)cc1. The van der Waals surface area contributed by atoms with E-state index >= 15 is 0 Å². The number of fused-ring (bicyclic) bond motifs is 1. The molecular weight excluding hydrogens is 406 g/mol. The van der Waals surface area contributed by atoms with Crippen LogP contribution in [0.25, 0.3) is 0 Å². The van der Waals surface area contributed by atoms with Gasteiger partial charge in [-0.3, -0.25) is 14.4 Å². The summed E-state index contributed by atoms with van der Waals surface area (Å²) in [6.07, 6.45) is 2.40. The van der Waals surface area contributed by atoms with E-state index in [0.29, 0.717) is 28.3 Å². The number of benzene rings is 1. The molecule has 2 saturated carbocycles. The molecule has 0 spiro atoms. The number of hydrogen-bond donors (Lipinski definition) is 1. The molecule has 1 N–H and O–H groups in total. The number of esters is 2. The average molecular weight is 436 g/mol. The van der Waals surface area contributed by atoms with E-state index < -0.39 is 17.9 Å². The molecule has 1 aromatic carbocycles. The summed E-state index contributed by atoms with van der Waals surface area (Å²) in [5, 5.41) is 3.75. The summed E-state index contributed by atoms with van der Waals surface area (Å²) >= 11 is 5.90. The third-order valence-corrected chi connectivity index (χ3v) is 6.68. The van der Waals surface area contributed by atoms with Crippen molar-refractivity contribution in [1.29, 1.82) is 0 Å². The lowest BCUT2D eigenvalue weighted by Gasteiger charge is -2.25. The fraction of sp³-hybridized carbons (Fsp3) is 0.609. The molecule has 2 fully saturated rings. The van der Waals surface area contributed by atoms with E-state index in [-0.39, 0.29) is 31.1 Å². The van der Waals surface area contributed by atoms with Crippen molar-refractivity contribution in [3.05, 3.63) is 34.9 Å². The molecular formula is C23H30ClNO5. The monoisotopic (exact) mass is 435 g/mol. The van der Waals surface area contributed by atoms with Crippen LogP contribution in [0.1, 0.15) is 50.4 Å². The van der Waals surface area contributed by atoms with Gasteiger partial charge in [-0.2, -0.15) is 0 Å². The second-order valence-electron chi connectivity index (χ2n) is 8.11. The fourth-order valence-corrected chi connectivity index (χ4v) is 5.20. The quantitative estimate of drug-likeness (QED) is 0.470. The standard InChI is InChI=1S/C23H30ClNO5/c1-4-18(25-21(26)13-7-9-15(24)10-8-13)20-16-11-14(12-17(16)20)19(22(27)29-5-2)23(28)30-6-3/h7-10,14,16-20H,4-6,11-12H2,1-3H3,(H,25,26)/t14?,16?,17?,18-,20?/m1/s1. The van der Waals surface area contributed by atoms with Crippen LogP contribution in [0.5, 0.6) is 0 Å². The highest BCUT2D eigenvalue weighted by atomic mass is 35.5. The van der Waals surface area contributed by atoms with Gasteiger partial charge in [-0.25, -0.2) is 0 Å². The van der Waals surface area contributed by atoms with Gasteiger partial charge in [0.25, 0.3) is 5.91 Å². The summed E-state index contributed by atoms with van der Waals surface area (Å²) in [5.41, 5.74) is 0.589. The van der Waals surface area contributed by atoms with Crippen LogP contribution in [0.3, 0.4) is 0 Å². The predicted octanol–water partition coefficient (Wildman–Crippen LogP) is 3.86. The Kier molecular flexibility index (Phi) is 7.40. The molecule has 0 radical (unpaired) electrons. The minimum atomic E-state index is -0.845. The number of amides is 1. The molecule has 3 atom stereocenters.